The number of rotatable bonds is 4. The molecule has 1 atom stereocenters. The molecule has 282 valence electrons. The largest absolute Gasteiger partial charge is 0.481 e. The number of benzene rings is 2. The first-order valence-electron chi connectivity index (χ1n) is 17.3. The Bertz CT molecular complexity index is 2470. The molecular formula is C38H43F2N5O6S2. The van der Waals surface area contributed by atoms with Crippen molar-refractivity contribution < 1.29 is 35.5 Å². The summed E-state index contributed by atoms with van der Waals surface area (Å²) in [6.45, 7) is 8.99. The number of aromatic amines is 1. The summed E-state index contributed by atoms with van der Waals surface area (Å²) in [5.74, 6) is -4.01. The Morgan fingerprint density at radius 3 is 2.49 bits per heavy atom. The summed E-state index contributed by atoms with van der Waals surface area (Å²) in [4.78, 5) is 22.5. The number of nitrogens with one attached hydrogen (secondary N) is 1. The lowest BCUT2D eigenvalue weighted by atomic mass is 9.74. The van der Waals surface area contributed by atoms with Gasteiger partial charge in [-0.3, -0.25) is 9.78 Å². The highest BCUT2D eigenvalue weighted by atomic mass is 32.2. The molecule has 0 aliphatic carbocycles. The third-order valence-electron chi connectivity index (χ3n) is 10.3. The number of hydrogen-bond acceptors (Lipinski definition) is 8. The van der Waals surface area contributed by atoms with Crippen LogP contribution in [0.2, 0.25) is 0 Å². The number of fused-ring (bicyclic) bond motifs is 8. The van der Waals surface area contributed by atoms with Crippen molar-refractivity contribution in [3.05, 3.63) is 89.0 Å². The number of aromatic nitrogens is 5. The molecule has 0 unspecified atom stereocenters. The second-order valence-corrected chi connectivity index (χ2v) is 19.8. The topological polar surface area (TPSA) is 165 Å². The number of carbonyl (C=O) groups is 1. The number of carboxylic acid groups (broad SMARTS) is 1. The number of aliphatic carboxylic acids is 1. The van der Waals surface area contributed by atoms with Crippen LogP contribution in [0.4, 0.5) is 8.78 Å². The van der Waals surface area contributed by atoms with E-state index in [1.54, 1.807) is 20.9 Å². The number of carboxylic acids is 1. The Labute approximate surface area is 307 Å². The van der Waals surface area contributed by atoms with Crippen LogP contribution in [0, 0.1) is 22.5 Å². The zero-order chi connectivity index (χ0) is 38.7. The Balaban J connectivity index is 1.55. The van der Waals surface area contributed by atoms with Crippen molar-refractivity contribution in [2.75, 3.05) is 11.5 Å². The van der Waals surface area contributed by atoms with E-state index in [4.69, 9.17) is 10.1 Å². The van der Waals surface area contributed by atoms with Crippen LogP contribution < -0.4 is 0 Å². The van der Waals surface area contributed by atoms with Gasteiger partial charge < -0.3 is 10.1 Å². The van der Waals surface area contributed by atoms with E-state index in [0.29, 0.717) is 25.1 Å². The average molecular weight is 768 g/mol. The Kier molecular flexibility index (Phi) is 9.68. The van der Waals surface area contributed by atoms with E-state index in [-0.39, 0.29) is 51.5 Å². The third kappa shape index (κ3) is 7.25. The van der Waals surface area contributed by atoms with Crippen molar-refractivity contribution >= 4 is 36.5 Å². The highest BCUT2D eigenvalue weighted by Crippen LogP contribution is 2.40. The molecule has 0 spiro atoms. The van der Waals surface area contributed by atoms with Gasteiger partial charge in [-0.15, -0.1) is 0 Å². The van der Waals surface area contributed by atoms with Gasteiger partial charge in [0.15, 0.2) is 33.1 Å². The van der Waals surface area contributed by atoms with Crippen molar-refractivity contribution in [3.63, 3.8) is 0 Å². The molecule has 0 saturated carbocycles. The second kappa shape index (κ2) is 13.4. The van der Waals surface area contributed by atoms with Gasteiger partial charge in [-0.05, 0) is 86.8 Å². The van der Waals surface area contributed by atoms with Gasteiger partial charge in [0.2, 0.25) is 9.84 Å². The molecule has 6 rings (SSSR count). The van der Waals surface area contributed by atoms with E-state index in [2.05, 4.69) is 9.97 Å². The molecule has 2 aromatic carbocycles. The SMILES string of the molecule is Cn1nc2nc1-c1cc(ccn1)S(=O)(=O)c1c(F)c(F)c3[nH]ccc3c1CCS(=O)(=O)CC(C)(C)CCC[C@]2(C)c1cccc(CC(C)(C)C(=O)O)c1. The first-order valence-corrected chi connectivity index (χ1v) is 20.6. The molecule has 0 fully saturated rings. The van der Waals surface area contributed by atoms with Crippen LogP contribution in [0.25, 0.3) is 22.4 Å². The lowest BCUT2D eigenvalue weighted by Gasteiger charge is -2.31. The van der Waals surface area contributed by atoms with Crippen molar-refractivity contribution in [3.8, 4) is 11.5 Å². The van der Waals surface area contributed by atoms with E-state index < -0.39 is 64.2 Å². The molecule has 1 aliphatic heterocycles. The van der Waals surface area contributed by atoms with Crippen LogP contribution >= 0.6 is 0 Å². The fourth-order valence-electron chi connectivity index (χ4n) is 7.37. The van der Waals surface area contributed by atoms with Gasteiger partial charge in [0, 0.05) is 24.8 Å². The molecule has 3 aromatic heterocycles. The fraction of sp³-hybridized carbons (Fsp3) is 0.421. The third-order valence-corrected chi connectivity index (χ3v) is 14.2. The van der Waals surface area contributed by atoms with Crippen molar-refractivity contribution in [1.29, 1.82) is 0 Å². The Morgan fingerprint density at radius 1 is 1.04 bits per heavy atom. The van der Waals surface area contributed by atoms with E-state index >= 15 is 8.78 Å². The van der Waals surface area contributed by atoms with Gasteiger partial charge in [0.05, 0.1) is 32.7 Å². The summed E-state index contributed by atoms with van der Waals surface area (Å²) < 4.78 is 88.9. The maximum atomic E-state index is 16.0. The molecule has 4 bridgehead atoms. The molecule has 0 amide bonds. The number of halogens is 2. The highest BCUT2D eigenvalue weighted by molar-refractivity contribution is 7.92. The zero-order valence-corrected chi connectivity index (χ0v) is 32.1. The quantitative estimate of drug-likeness (QED) is 0.205. The van der Waals surface area contributed by atoms with Crippen LogP contribution in [-0.2, 0) is 49.8 Å². The van der Waals surface area contributed by atoms with Crippen LogP contribution in [-0.4, -0.2) is 64.1 Å². The van der Waals surface area contributed by atoms with E-state index in [1.165, 1.54) is 35.3 Å². The molecule has 5 aromatic rings. The summed E-state index contributed by atoms with van der Waals surface area (Å²) in [5.41, 5.74) is -1.24. The number of hydrogen-bond donors (Lipinski definition) is 2. The number of H-pyrrole nitrogens is 1. The molecule has 0 radical (unpaired) electrons. The lowest BCUT2D eigenvalue weighted by Crippen LogP contribution is -2.30. The van der Waals surface area contributed by atoms with Crippen LogP contribution in [0.1, 0.15) is 76.4 Å². The molecule has 53 heavy (non-hydrogen) atoms. The van der Waals surface area contributed by atoms with Crippen LogP contribution in [0.3, 0.4) is 0 Å². The normalized spacial score (nSPS) is 20.3. The highest BCUT2D eigenvalue weighted by Gasteiger charge is 2.38. The van der Waals surface area contributed by atoms with Gasteiger partial charge in [0.1, 0.15) is 10.6 Å². The minimum absolute atomic E-state index is 0.0773. The monoisotopic (exact) mass is 767 g/mol. The molecule has 11 nitrogen and oxygen atoms in total. The minimum Gasteiger partial charge on any atom is -0.481 e. The van der Waals surface area contributed by atoms with Crippen LogP contribution in [0.15, 0.2) is 64.6 Å². The van der Waals surface area contributed by atoms with E-state index in [0.717, 1.165) is 11.1 Å². The Hall–Kier alpha value is -4.50. The predicted molar refractivity (Wildman–Crippen MR) is 196 cm³/mol. The maximum absolute atomic E-state index is 16.0. The summed E-state index contributed by atoms with van der Waals surface area (Å²) >= 11 is 0. The number of sulfone groups is 2. The summed E-state index contributed by atoms with van der Waals surface area (Å²) in [6.07, 6.45) is 4.04. The smallest absolute Gasteiger partial charge is 0.309 e. The molecule has 15 heteroatoms. The summed E-state index contributed by atoms with van der Waals surface area (Å²) in [7, 11) is -6.98. The number of nitrogens with zero attached hydrogens (tertiary/aromatic N) is 4. The molecule has 1 aliphatic rings. The van der Waals surface area contributed by atoms with Crippen molar-refractivity contribution in [1.82, 2.24) is 24.7 Å². The van der Waals surface area contributed by atoms with Gasteiger partial charge >= 0.3 is 5.97 Å². The summed E-state index contributed by atoms with van der Waals surface area (Å²) in [6, 6.07) is 11.4. The van der Waals surface area contributed by atoms with Gasteiger partial charge in [-0.1, -0.05) is 44.5 Å². The van der Waals surface area contributed by atoms with E-state index in [9.17, 15) is 26.7 Å². The second-order valence-electron chi connectivity index (χ2n) is 15.7. The standard InChI is InChI=1S/C38H43F2N5O6S2/c1-36(2)14-8-15-38(5,24-10-7-9-23(19-24)21-37(3,4)35(46)47)34-43-33(45(6)44-34)28-20-25(11-16-41-28)53(50,51)32-27(13-18-52(48,49)22-36)26-12-17-42-31(26)29(39)30(32)40/h7,9-12,16-17,19-20,42H,8,13-15,18,21-22H2,1-6H3,(H,46,47)/t38-/m1/s1. The van der Waals surface area contributed by atoms with Gasteiger partial charge in [0.25, 0.3) is 0 Å². The van der Waals surface area contributed by atoms with Gasteiger partial charge in [-0.2, -0.15) is 5.10 Å². The minimum atomic E-state index is -4.79. The molecule has 2 N–H and O–H groups in total. The van der Waals surface area contributed by atoms with E-state index in [1.807, 2.05) is 45.0 Å². The number of aryl methyl sites for hydroxylation is 2. The van der Waals surface area contributed by atoms with Crippen molar-refractivity contribution in [2.24, 2.45) is 17.9 Å². The maximum Gasteiger partial charge on any atom is 0.309 e. The summed E-state index contributed by atoms with van der Waals surface area (Å²) in [5, 5.41) is 14.7. The van der Waals surface area contributed by atoms with Crippen LogP contribution in [0.5, 0.6) is 0 Å². The fourth-order valence-corrected chi connectivity index (χ4v) is 11.0. The number of pyridine rings is 1. The predicted octanol–water partition coefficient (Wildman–Crippen LogP) is 6.60. The average Bonchev–Trinajstić information content (AvgIpc) is 3.72. The first kappa shape index (κ1) is 38.2. The molecule has 0 saturated heterocycles. The lowest BCUT2D eigenvalue weighted by molar-refractivity contribution is -0.146. The first-order chi connectivity index (χ1) is 24.7. The molecular weight excluding hydrogens is 725 g/mol. The Morgan fingerprint density at radius 2 is 1.77 bits per heavy atom. The molecule has 4 heterocycles. The van der Waals surface area contributed by atoms with Gasteiger partial charge in [-0.25, -0.2) is 35.3 Å². The van der Waals surface area contributed by atoms with Crippen molar-refractivity contribution in [2.45, 2.75) is 81.9 Å². The zero-order valence-electron chi connectivity index (χ0n) is 30.5.